The van der Waals surface area contributed by atoms with E-state index in [0.29, 0.717) is 6.61 Å². The van der Waals surface area contributed by atoms with Crippen LogP contribution in [0.2, 0.25) is 0 Å². The van der Waals surface area contributed by atoms with Crippen LogP contribution in [0.3, 0.4) is 0 Å². The van der Waals surface area contributed by atoms with E-state index in [1.807, 2.05) is 0 Å². The molecule has 0 aliphatic rings. The molecule has 0 radical (unpaired) electrons. The Morgan fingerprint density at radius 1 is 1.25 bits per heavy atom. The number of ether oxygens (including phenoxy) is 1. The zero-order valence-corrected chi connectivity index (χ0v) is 10.8. The lowest BCUT2D eigenvalue weighted by molar-refractivity contribution is -0.137. The third-order valence-electron chi connectivity index (χ3n) is 2.80. The second-order valence-electron chi connectivity index (χ2n) is 4.47. The van der Waals surface area contributed by atoms with Crippen LogP contribution in [0.4, 0.5) is 0 Å². The highest BCUT2D eigenvalue weighted by atomic mass is 16.5. The maximum Gasteiger partial charge on any atom is 0.330 e. The van der Waals surface area contributed by atoms with Crippen molar-refractivity contribution < 1.29 is 9.53 Å². The highest BCUT2D eigenvalue weighted by Crippen LogP contribution is 2.15. The highest BCUT2D eigenvalue weighted by Gasteiger charge is 2.02. The van der Waals surface area contributed by atoms with E-state index in [1.54, 1.807) is 0 Å². The summed E-state index contributed by atoms with van der Waals surface area (Å²) >= 11 is 0. The molecule has 2 heteroatoms. The summed E-state index contributed by atoms with van der Waals surface area (Å²) in [5.74, 6) is 0.440. The summed E-state index contributed by atoms with van der Waals surface area (Å²) in [5, 5.41) is 0. The molecule has 2 nitrogen and oxygen atoms in total. The van der Waals surface area contributed by atoms with E-state index in [4.69, 9.17) is 4.74 Å². The molecule has 1 unspecified atom stereocenters. The van der Waals surface area contributed by atoms with Crippen LogP contribution in [0.1, 0.15) is 58.8 Å². The number of carbonyl (C=O) groups is 1. The van der Waals surface area contributed by atoms with Gasteiger partial charge in [0.05, 0.1) is 6.61 Å². The van der Waals surface area contributed by atoms with Gasteiger partial charge in [-0.25, -0.2) is 4.79 Å². The summed E-state index contributed by atoms with van der Waals surface area (Å²) < 4.78 is 4.93. The van der Waals surface area contributed by atoms with E-state index in [9.17, 15) is 4.79 Å². The Bertz CT molecular complexity index is 187. The zero-order chi connectivity index (χ0) is 12.2. The first kappa shape index (κ1) is 15.2. The SMILES string of the molecule is C=CC(=O)OCCCC(C)CCCCCC. The van der Waals surface area contributed by atoms with E-state index in [0.717, 1.165) is 18.8 Å². The van der Waals surface area contributed by atoms with Crippen LogP contribution in [-0.4, -0.2) is 12.6 Å². The molecule has 0 heterocycles. The Labute approximate surface area is 100 Å². The molecule has 0 aromatic rings. The number of unbranched alkanes of at least 4 members (excludes halogenated alkanes) is 3. The minimum Gasteiger partial charge on any atom is -0.463 e. The van der Waals surface area contributed by atoms with Crippen LogP contribution < -0.4 is 0 Å². The first-order chi connectivity index (χ1) is 7.70. The molecule has 0 aromatic heterocycles. The van der Waals surface area contributed by atoms with E-state index in [1.165, 1.54) is 38.2 Å². The smallest absolute Gasteiger partial charge is 0.330 e. The molecule has 0 N–H and O–H groups in total. The lowest BCUT2D eigenvalue weighted by Gasteiger charge is -2.10. The Hall–Kier alpha value is -0.790. The van der Waals surface area contributed by atoms with Crippen molar-refractivity contribution in [2.75, 3.05) is 6.61 Å². The predicted octanol–water partition coefficient (Wildman–Crippen LogP) is 4.10. The summed E-state index contributed by atoms with van der Waals surface area (Å²) in [6.45, 7) is 8.40. The fourth-order valence-electron chi connectivity index (χ4n) is 1.73. The van der Waals surface area contributed by atoms with Crippen LogP contribution >= 0.6 is 0 Å². The van der Waals surface area contributed by atoms with Gasteiger partial charge in [-0.2, -0.15) is 0 Å². The molecule has 0 aliphatic carbocycles. The van der Waals surface area contributed by atoms with Crippen LogP contribution in [0.25, 0.3) is 0 Å². The zero-order valence-electron chi connectivity index (χ0n) is 10.8. The summed E-state index contributed by atoms with van der Waals surface area (Å²) in [6.07, 6.45) is 9.97. The summed E-state index contributed by atoms with van der Waals surface area (Å²) in [6, 6.07) is 0. The topological polar surface area (TPSA) is 26.3 Å². The molecule has 0 saturated carbocycles. The van der Waals surface area contributed by atoms with Crippen molar-refractivity contribution in [2.45, 2.75) is 58.8 Å². The normalized spacial score (nSPS) is 12.1. The first-order valence-corrected chi connectivity index (χ1v) is 6.49. The Morgan fingerprint density at radius 3 is 2.56 bits per heavy atom. The van der Waals surface area contributed by atoms with Crippen LogP contribution in [-0.2, 0) is 9.53 Å². The molecular weight excluding hydrogens is 200 g/mol. The molecular formula is C14H26O2. The van der Waals surface area contributed by atoms with E-state index in [2.05, 4.69) is 20.4 Å². The minimum atomic E-state index is -0.310. The fraction of sp³-hybridized carbons (Fsp3) is 0.786. The van der Waals surface area contributed by atoms with Gasteiger partial charge in [0.15, 0.2) is 0 Å². The van der Waals surface area contributed by atoms with Gasteiger partial charge in [0.2, 0.25) is 0 Å². The summed E-state index contributed by atoms with van der Waals surface area (Å²) in [5.41, 5.74) is 0. The van der Waals surface area contributed by atoms with Gasteiger partial charge in [-0.05, 0) is 18.8 Å². The maximum absolute atomic E-state index is 10.8. The molecule has 1 atom stereocenters. The minimum absolute atomic E-state index is 0.310. The highest BCUT2D eigenvalue weighted by molar-refractivity contribution is 5.81. The van der Waals surface area contributed by atoms with Gasteiger partial charge >= 0.3 is 5.97 Å². The second-order valence-corrected chi connectivity index (χ2v) is 4.47. The van der Waals surface area contributed by atoms with Gasteiger partial charge in [-0.1, -0.05) is 52.5 Å². The molecule has 94 valence electrons. The Morgan fingerprint density at radius 2 is 1.94 bits per heavy atom. The van der Waals surface area contributed by atoms with Crippen LogP contribution in [0.15, 0.2) is 12.7 Å². The molecule has 0 rings (SSSR count). The maximum atomic E-state index is 10.8. The van der Waals surface area contributed by atoms with Gasteiger partial charge in [0.25, 0.3) is 0 Å². The molecule has 0 aromatic carbocycles. The molecule has 0 aliphatic heterocycles. The average molecular weight is 226 g/mol. The number of hydrogen-bond acceptors (Lipinski definition) is 2. The van der Waals surface area contributed by atoms with E-state index in [-0.39, 0.29) is 5.97 Å². The van der Waals surface area contributed by atoms with E-state index >= 15 is 0 Å². The van der Waals surface area contributed by atoms with Crippen molar-refractivity contribution in [2.24, 2.45) is 5.92 Å². The van der Waals surface area contributed by atoms with Crippen molar-refractivity contribution in [3.05, 3.63) is 12.7 Å². The van der Waals surface area contributed by atoms with Crippen molar-refractivity contribution >= 4 is 5.97 Å². The van der Waals surface area contributed by atoms with Gasteiger partial charge in [-0.3, -0.25) is 0 Å². The molecule has 0 saturated heterocycles. The summed E-state index contributed by atoms with van der Waals surface area (Å²) in [4.78, 5) is 10.8. The number of esters is 1. The predicted molar refractivity (Wildman–Crippen MR) is 68.3 cm³/mol. The van der Waals surface area contributed by atoms with Crippen molar-refractivity contribution in [1.82, 2.24) is 0 Å². The third-order valence-corrected chi connectivity index (χ3v) is 2.80. The van der Waals surface area contributed by atoms with Crippen LogP contribution in [0.5, 0.6) is 0 Å². The Kier molecular flexibility index (Phi) is 10.2. The van der Waals surface area contributed by atoms with Crippen molar-refractivity contribution in [3.8, 4) is 0 Å². The van der Waals surface area contributed by atoms with Gasteiger partial charge in [0.1, 0.15) is 0 Å². The molecule has 0 spiro atoms. The van der Waals surface area contributed by atoms with Crippen LogP contribution in [0, 0.1) is 5.92 Å². The summed E-state index contributed by atoms with van der Waals surface area (Å²) in [7, 11) is 0. The number of carbonyl (C=O) groups excluding carboxylic acids is 1. The van der Waals surface area contributed by atoms with Gasteiger partial charge < -0.3 is 4.74 Å². The monoisotopic (exact) mass is 226 g/mol. The van der Waals surface area contributed by atoms with E-state index < -0.39 is 0 Å². The second kappa shape index (κ2) is 10.7. The molecule has 0 bridgehead atoms. The fourth-order valence-corrected chi connectivity index (χ4v) is 1.73. The van der Waals surface area contributed by atoms with Gasteiger partial charge in [-0.15, -0.1) is 0 Å². The quantitative estimate of drug-likeness (QED) is 0.318. The number of rotatable bonds is 10. The largest absolute Gasteiger partial charge is 0.463 e. The Balaban J connectivity index is 3.26. The molecule has 16 heavy (non-hydrogen) atoms. The molecule has 0 amide bonds. The average Bonchev–Trinajstić information content (AvgIpc) is 2.30. The standard InChI is InChI=1S/C14H26O2/c1-4-6-7-8-10-13(3)11-9-12-16-14(15)5-2/h5,13H,2,4,6-12H2,1,3H3. The lowest BCUT2D eigenvalue weighted by Crippen LogP contribution is -2.04. The first-order valence-electron chi connectivity index (χ1n) is 6.49. The van der Waals surface area contributed by atoms with Crippen molar-refractivity contribution in [3.63, 3.8) is 0 Å². The van der Waals surface area contributed by atoms with Gasteiger partial charge in [0, 0.05) is 6.08 Å². The lowest BCUT2D eigenvalue weighted by atomic mass is 9.98. The number of hydrogen-bond donors (Lipinski definition) is 0. The molecule has 0 fully saturated rings. The third kappa shape index (κ3) is 9.75. The van der Waals surface area contributed by atoms with Crippen molar-refractivity contribution in [1.29, 1.82) is 0 Å².